The SMILES string of the molecule is N[C@@H]1CCCN(C(=O)c2cc(F)c(Cl)cc2Cl)C1. The fraction of sp³-hybridized carbons (Fsp3) is 0.417. The van der Waals surface area contributed by atoms with Gasteiger partial charge in [0.2, 0.25) is 0 Å². The molecule has 1 saturated heterocycles. The van der Waals surface area contributed by atoms with Crippen LogP contribution >= 0.6 is 23.2 Å². The Labute approximate surface area is 115 Å². The summed E-state index contributed by atoms with van der Waals surface area (Å²) in [6, 6.07) is 2.29. The monoisotopic (exact) mass is 290 g/mol. The number of carbonyl (C=O) groups excluding carboxylic acids is 1. The molecule has 3 nitrogen and oxygen atoms in total. The molecule has 0 radical (unpaired) electrons. The fourth-order valence-corrected chi connectivity index (χ4v) is 2.52. The predicted molar refractivity (Wildman–Crippen MR) is 69.5 cm³/mol. The molecule has 6 heteroatoms. The van der Waals surface area contributed by atoms with E-state index in [1.807, 2.05) is 0 Å². The first-order chi connectivity index (χ1) is 8.49. The van der Waals surface area contributed by atoms with Crippen molar-refractivity contribution in [2.24, 2.45) is 5.73 Å². The maximum atomic E-state index is 13.4. The van der Waals surface area contributed by atoms with Crippen LogP contribution in [0.1, 0.15) is 23.2 Å². The summed E-state index contributed by atoms with van der Waals surface area (Å²) in [5, 5.41) is 0.0671. The molecule has 1 fully saturated rings. The van der Waals surface area contributed by atoms with E-state index in [1.165, 1.54) is 6.07 Å². The second-order valence-electron chi connectivity index (χ2n) is 4.40. The summed E-state index contributed by atoms with van der Waals surface area (Å²) < 4.78 is 13.4. The zero-order valence-electron chi connectivity index (χ0n) is 9.63. The van der Waals surface area contributed by atoms with Gasteiger partial charge in [0.05, 0.1) is 15.6 Å². The molecule has 1 heterocycles. The highest BCUT2D eigenvalue weighted by Gasteiger charge is 2.24. The molecule has 1 amide bonds. The number of rotatable bonds is 1. The van der Waals surface area contributed by atoms with Gasteiger partial charge in [-0.2, -0.15) is 0 Å². The van der Waals surface area contributed by atoms with Crippen molar-refractivity contribution in [1.29, 1.82) is 0 Å². The molecular formula is C12H13Cl2FN2O. The van der Waals surface area contributed by atoms with Gasteiger partial charge in [-0.3, -0.25) is 4.79 Å². The average molecular weight is 291 g/mol. The molecule has 18 heavy (non-hydrogen) atoms. The number of nitrogens with two attached hydrogens (primary N) is 1. The summed E-state index contributed by atoms with van der Waals surface area (Å²) in [5.41, 5.74) is 5.94. The van der Waals surface area contributed by atoms with E-state index in [0.717, 1.165) is 18.9 Å². The fourth-order valence-electron chi connectivity index (χ4n) is 2.05. The zero-order valence-corrected chi connectivity index (χ0v) is 11.1. The molecule has 98 valence electrons. The highest BCUT2D eigenvalue weighted by Crippen LogP contribution is 2.26. The van der Waals surface area contributed by atoms with Crippen LogP contribution in [-0.2, 0) is 0 Å². The van der Waals surface area contributed by atoms with Gasteiger partial charge in [-0.15, -0.1) is 0 Å². The number of piperidine rings is 1. The Morgan fingerprint density at radius 3 is 2.78 bits per heavy atom. The molecule has 0 aliphatic carbocycles. The molecule has 1 aromatic rings. The summed E-state index contributed by atoms with van der Waals surface area (Å²) in [4.78, 5) is 13.8. The molecule has 1 aromatic carbocycles. The summed E-state index contributed by atoms with van der Waals surface area (Å²) in [6.45, 7) is 1.09. The summed E-state index contributed by atoms with van der Waals surface area (Å²) in [5.74, 6) is -0.948. The van der Waals surface area contributed by atoms with E-state index in [-0.39, 0.29) is 27.6 Å². The minimum Gasteiger partial charge on any atom is -0.337 e. The third kappa shape index (κ3) is 2.76. The van der Waals surface area contributed by atoms with Crippen LogP contribution in [0.2, 0.25) is 10.0 Å². The van der Waals surface area contributed by atoms with Gasteiger partial charge in [-0.25, -0.2) is 4.39 Å². The Morgan fingerprint density at radius 1 is 1.39 bits per heavy atom. The first-order valence-corrected chi connectivity index (χ1v) is 6.44. The largest absolute Gasteiger partial charge is 0.337 e. The standard InChI is InChI=1S/C12H13Cl2FN2O/c13-9-5-10(14)11(15)4-8(9)12(18)17-3-1-2-7(16)6-17/h4-5,7H,1-3,6,16H2/t7-/m1/s1. The first-order valence-electron chi connectivity index (χ1n) is 5.68. The minimum atomic E-state index is -0.647. The van der Waals surface area contributed by atoms with Gasteiger partial charge in [0.15, 0.2) is 0 Å². The van der Waals surface area contributed by atoms with Crippen molar-refractivity contribution in [2.75, 3.05) is 13.1 Å². The molecular weight excluding hydrogens is 278 g/mol. The molecule has 0 bridgehead atoms. The van der Waals surface area contributed by atoms with Gasteiger partial charge in [0, 0.05) is 19.1 Å². The van der Waals surface area contributed by atoms with Crippen molar-refractivity contribution in [3.8, 4) is 0 Å². The topological polar surface area (TPSA) is 46.3 Å². The number of likely N-dealkylation sites (tertiary alicyclic amines) is 1. The minimum absolute atomic E-state index is 0.0291. The van der Waals surface area contributed by atoms with Crippen LogP contribution in [0.4, 0.5) is 4.39 Å². The Balaban J connectivity index is 2.25. The first kappa shape index (κ1) is 13.6. The Hall–Kier alpha value is -0.840. The summed E-state index contributed by atoms with van der Waals surface area (Å²) in [6.07, 6.45) is 1.74. The van der Waals surface area contributed by atoms with Gasteiger partial charge in [0.1, 0.15) is 5.82 Å². The molecule has 1 aliphatic heterocycles. The normalized spacial score (nSPS) is 20.0. The average Bonchev–Trinajstić information content (AvgIpc) is 2.33. The van der Waals surface area contributed by atoms with Crippen molar-refractivity contribution in [2.45, 2.75) is 18.9 Å². The highest BCUT2D eigenvalue weighted by molar-refractivity contribution is 6.36. The molecule has 0 spiro atoms. The Morgan fingerprint density at radius 2 is 2.11 bits per heavy atom. The highest BCUT2D eigenvalue weighted by atomic mass is 35.5. The maximum absolute atomic E-state index is 13.4. The number of halogens is 3. The number of nitrogens with zero attached hydrogens (tertiary/aromatic N) is 1. The third-order valence-electron chi connectivity index (χ3n) is 2.99. The molecule has 1 aliphatic rings. The molecule has 0 unspecified atom stereocenters. The van der Waals surface area contributed by atoms with Crippen molar-refractivity contribution in [3.05, 3.63) is 33.6 Å². The zero-order chi connectivity index (χ0) is 13.3. The van der Waals surface area contributed by atoms with E-state index in [9.17, 15) is 9.18 Å². The van der Waals surface area contributed by atoms with Crippen LogP contribution in [0, 0.1) is 5.82 Å². The van der Waals surface area contributed by atoms with Crippen LogP contribution in [0.3, 0.4) is 0 Å². The van der Waals surface area contributed by atoms with E-state index in [2.05, 4.69) is 0 Å². The van der Waals surface area contributed by atoms with Crippen molar-refractivity contribution in [3.63, 3.8) is 0 Å². The third-order valence-corrected chi connectivity index (χ3v) is 3.59. The second-order valence-corrected chi connectivity index (χ2v) is 5.21. The van der Waals surface area contributed by atoms with Gasteiger partial charge in [-0.05, 0) is 25.0 Å². The molecule has 2 rings (SSSR count). The van der Waals surface area contributed by atoms with E-state index in [1.54, 1.807) is 4.90 Å². The van der Waals surface area contributed by atoms with E-state index >= 15 is 0 Å². The lowest BCUT2D eigenvalue weighted by atomic mass is 10.1. The van der Waals surface area contributed by atoms with Crippen LogP contribution in [0.15, 0.2) is 12.1 Å². The van der Waals surface area contributed by atoms with Gasteiger partial charge in [-0.1, -0.05) is 23.2 Å². The second kappa shape index (κ2) is 5.43. The lowest BCUT2D eigenvalue weighted by Crippen LogP contribution is -2.45. The Kier molecular flexibility index (Phi) is 4.10. The predicted octanol–water partition coefficient (Wildman–Crippen LogP) is 2.70. The number of benzene rings is 1. The van der Waals surface area contributed by atoms with Crippen molar-refractivity contribution in [1.82, 2.24) is 4.90 Å². The number of hydrogen-bond donors (Lipinski definition) is 1. The summed E-state index contributed by atoms with van der Waals surface area (Å²) in [7, 11) is 0. The van der Waals surface area contributed by atoms with E-state index < -0.39 is 5.82 Å². The quantitative estimate of drug-likeness (QED) is 0.809. The van der Waals surface area contributed by atoms with Crippen molar-refractivity contribution < 1.29 is 9.18 Å². The Bertz CT molecular complexity index is 481. The van der Waals surface area contributed by atoms with Crippen LogP contribution < -0.4 is 5.73 Å². The summed E-state index contributed by atoms with van der Waals surface area (Å²) >= 11 is 11.5. The maximum Gasteiger partial charge on any atom is 0.255 e. The lowest BCUT2D eigenvalue weighted by molar-refractivity contribution is 0.0708. The lowest BCUT2D eigenvalue weighted by Gasteiger charge is -2.31. The molecule has 0 aromatic heterocycles. The number of amides is 1. The van der Waals surface area contributed by atoms with E-state index in [0.29, 0.717) is 13.1 Å². The molecule has 1 atom stereocenters. The molecule has 0 saturated carbocycles. The van der Waals surface area contributed by atoms with Crippen LogP contribution in [-0.4, -0.2) is 29.9 Å². The van der Waals surface area contributed by atoms with Crippen molar-refractivity contribution >= 4 is 29.1 Å². The van der Waals surface area contributed by atoms with Crippen LogP contribution in [0.25, 0.3) is 0 Å². The van der Waals surface area contributed by atoms with Gasteiger partial charge < -0.3 is 10.6 Å². The van der Waals surface area contributed by atoms with E-state index in [4.69, 9.17) is 28.9 Å². The number of hydrogen-bond acceptors (Lipinski definition) is 2. The smallest absolute Gasteiger partial charge is 0.255 e. The van der Waals surface area contributed by atoms with Gasteiger partial charge in [0.25, 0.3) is 5.91 Å². The molecule has 2 N–H and O–H groups in total. The number of carbonyl (C=O) groups is 1. The van der Waals surface area contributed by atoms with Gasteiger partial charge >= 0.3 is 0 Å². The van der Waals surface area contributed by atoms with Crippen LogP contribution in [0.5, 0.6) is 0 Å².